The van der Waals surface area contributed by atoms with E-state index in [1.807, 2.05) is 11.8 Å². The Balaban J connectivity index is 2.39. The third-order valence-corrected chi connectivity index (χ3v) is 3.65. The van der Waals surface area contributed by atoms with E-state index in [4.69, 9.17) is 0 Å². The Kier molecular flexibility index (Phi) is 3.06. The standard InChI is InChI=1S/C13H17NS/c1-10(2)12-6-4-5-7-13(12)14-9-15-8-11(14)3/h4-8,10H,9H2,1-3H3. The Morgan fingerprint density at radius 3 is 2.60 bits per heavy atom. The fourth-order valence-corrected chi connectivity index (χ4v) is 2.81. The average molecular weight is 219 g/mol. The third kappa shape index (κ3) is 2.05. The van der Waals surface area contributed by atoms with Crippen LogP contribution in [0.1, 0.15) is 32.3 Å². The van der Waals surface area contributed by atoms with Gasteiger partial charge in [-0.2, -0.15) is 0 Å². The highest BCUT2D eigenvalue weighted by Crippen LogP contribution is 2.34. The van der Waals surface area contributed by atoms with Crippen LogP contribution < -0.4 is 4.90 Å². The normalized spacial score (nSPS) is 16.0. The number of thioether (sulfide) groups is 1. The van der Waals surface area contributed by atoms with E-state index >= 15 is 0 Å². The van der Waals surface area contributed by atoms with Gasteiger partial charge in [-0.05, 0) is 29.9 Å². The molecule has 80 valence electrons. The highest BCUT2D eigenvalue weighted by atomic mass is 32.2. The van der Waals surface area contributed by atoms with E-state index in [2.05, 4.69) is 55.3 Å². The summed E-state index contributed by atoms with van der Waals surface area (Å²) in [5.41, 5.74) is 4.16. The van der Waals surface area contributed by atoms with Crippen LogP contribution in [-0.4, -0.2) is 5.88 Å². The summed E-state index contributed by atoms with van der Waals surface area (Å²) in [6.07, 6.45) is 0. The fraction of sp³-hybridized carbons (Fsp3) is 0.385. The predicted octanol–water partition coefficient (Wildman–Crippen LogP) is 4.18. The summed E-state index contributed by atoms with van der Waals surface area (Å²) < 4.78 is 0. The van der Waals surface area contributed by atoms with Gasteiger partial charge >= 0.3 is 0 Å². The van der Waals surface area contributed by atoms with E-state index in [1.165, 1.54) is 16.9 Å². The first kappa shape index (κ1) is 10.6. The highest BCUT2D eigenvalue weighted by Gasteiger charge is 2.17. The van der Waals surface area contributed by atoms with Crippen molar-refractivity contribution in [2.75, 3.05) is 10.8 Å². The van der Waals surface area contributed by atoms with Crippen molar-refractivity contribution in [1.82, 2.24) is 0 Å². The lowest BCUT2D eigenvalue weighted by Crippen LogP contribution is -2.17. The van der Waals surface area contributed by atoms with Crippen molar-refractivity contribution < 1.29 is 0 Å². The number of allylic oxidation sites excluding steroid dienone is 1. The van der Waals surface area contributed by atoms with E-state index < -0.39 is 0 Å². The minimum Gasteiger partial charge on any atom is -0.335 e. The van der Waals surface area contributed by atoms with E-state index in [0.717, 1.165) is 5.88 Å². The second-order valence-corrected chi connectivity index (χ2v) is 5.02. The van der Waals surface area contributed by atoms with E-state index in [0.29, 0.717) is 5.92 Å². The molecular weight excluding hydrogens is 202 g/mol. The lowest BCUT2D eigenvalue weighted by atomic mass is 10.0. The first-order valence-corrected chi connectivity index (χ1v) is 6.40. The average Bonchev–Trinajstić information content (AvgIpc) is 2.64. The molecule has 0 radical (unpaired) electrons. The molecule has 1 nitrogen and oxygen atoms in total. The molecule has 0 saturated carbocycles. The molecule has 1 heterocycles. The van der Waals surface area contributed by atoms with Crippen LogP contribution in [0.15, 0.2) is 35.4 Å². The van der Waals surface area contributed by atoms with Crippen LogP contribution in [0.25, 0.3) is 0 Å². The SMILES string of the molecule is CC1=CSCN1c1ccccc1C(C)C. The maximum Gasteiger partial charge on any atom is 0.0726 e. The summed E-state index contributed by atoms with van der Waals surface area (Å²) in [6, 6.07) is 8.70. The number of rotatable bonds is 2. The lowest BCUT2D eigenvalue weighted by molar-refractivity contribution is 0.857. The Labute approximate surface area is 96.2 Å². The molecule has 1 aliphatic rings. The molecule has 2 heteroatoms. The van der Waals surface area contributed by atoms with Gasteiger partial charge in [-0.1, -0.05) is 32.0 Å². The van der Waals surface area contributed by atoms with Gasteiger partial charge in [-0.25, -0.2) is 0 Å². The fourth-order valence-electron chi connectivity index (χ4n) is 1.88. The van der Waals surface area contributed by atoms with Gasteiger partial charge in [0.05, 0.1) is 5.88 Å². The molecule has 0 aromatic heterocycles. The van der Waals surface area contributed by atoms with Crippen molar-refractivity contribution >= 4 is 17.4 Å². The summed E-state index contributed by atoms with van der Waals surface area (Å²) in [5.74, 6) is 1.63. The van der Waals surface area contributed by atoms with Crippen molar-refractivity contribution in [2.24, 2.45) is 0 Å². The van der Waals surface area contributed by atoms with Crippen LogP contribution >= 0.6 is 11.8 Å². The molecule has 0 atom stereocenters. The molecule has 0 unspecified atom stereocenters. The smallest absolute Gasteiger partial charge is 0.0726 e. The third-order valence-electron chi connectivity index (χ3n) is 2.73. The van der Waals surface area contributed by atoms with Gasteiger partial charge < -0.3 is 4.90 Å². The van der Waals surface area contributed by atoms with Gasteiger partial charge in [0, 0.05) is 11.4 Å². The van der Waals surface area contributed by atoms with Crippen molar-refractivity contribution in [1.29, 1.82) is 0 Å². The second-order valence-electron chi connectivity index (χ2n) is 4.20. The first-order chi connectivity index (χ1) is 7.20. The zero-order valence-corrected chi connectivity index (χ0v) is 10.3. The van der Waals surface area contributed by atoms with Gasteiger partial charge in [0.1, 0.15) is 0 Å². The summed E-state index contributed by atoms with van der Waals surface area (Å²) in [5, 5.41) is 2.23. The van der Waals surface area contributed by atoms with Crippen molar-refractivity contribution in [3.8, 4) is 0 Å². The molecule has 2 rings (SSSR count). The van der Waals surface area contributed by atoms with Gasteiger partial charge in [-0.15, -0.1) is 11.8 Å². The summed E-state index contributed by atoms with van der Waals surface area (Å²) >= 11 is 1.87. The molecule has 1 aromatic rings. The largest absolute Gasteiger partial charge is 0.335 e. The number of hydrogen-bond acceptors (Lipinski definition) is 2. The number of para-hydroxylation sites is 1. The molecule has 0 saturated heterocycles. The monoisotopic (exact) mass is 219 g/mol. The zero-order chi connectivity index (χ0) is 10.8. The van der Waals surface area contributed by atoms with Crippen molar-refractivity contribution in [2.45, 2.75) is 26.7 Å². The summed E-state index contributed by atoms with van der Waals surface area (Å²) in [4.78, 5) is 2.39. The number of hydrogen-bond donors (Lipinski definition) is 0. The van der Waals surface area contributed by atoms with Crippen LogP contribution in [-0.2, 0) is 0 Å². The number of nitrogens with zero attached hydrogens (tertiary/aromatic N) is 1. The Bertz CT molecular complexity index is 382. The van der Waals surface area contributed by atoms with Gasteiger partial charge in [0.25, 0.3) is 0 Å². The molecule has 15 heavy (non-hydrogen) atoms. The minimum absolute atomic E-state index is 0.583. The molecule has 0 amide bonds. The van der Waals surface area contributed by atoms with Crippen LogP contribution in [0.5, 0.6) is 0 Å². The zero-order valence-electron chi connectivity index (χ0n) is 9.53. The summed E-state index contributed by atoms with van der Waals surface area (Å²) in [7, 11) is 0. The Morgan fingerprint density at radius 2 is 2.00 bits per heavy atom. The predicted molar refractivity (Wildman–Crippen MR) is 69.2 cm³/mol. The van der Waals surface area contributed by atoms with Crippen LogP contribution in [0.4, 0.5) is 5.69 Å². The Hall–Kier alpha value is -0.890. The molecule has 0 N–H and O–H groups in total. The molecule has 0 bridgehead atoms. The Morgan fingerprint density at radius 1 is 1.27 bits per heavy atom. The minimum atomic E-state index is 0.583. The van der Waals surface area contributed by atoms with E-state index in [1.54, 1.807) is 0 Å². The number of anilines is 1. The highest BCUT2D eigenvalue weighted by molar-refractivity contribution is 8.02. The summed E-state index contributed by atoms with van der Waals surface area (Å²) in [6.45, 7) is 6.68. The first-order valence-electron chi connectivity index (χ1n) is 5.35. The molecule has 0 spiro atoms. The second kappa shape index (κ2) is 4.31. The quantitative estimate of drug-likeness (QED) is 0.734. The topological polar surface area (TPSA) is 3.24 Å². The lowest BCUT2D eigenvalue weighted by Gasteiger charge is -2.24. The molecule has 0 fully saturated rings. The molecule has 1 aliphatic heterocycles. The maximum atomic E-state index is 2.39. The van der Waals surface area contributed by atoms with E-state index in [9.17, 15) is 0 Å². The molecular formula is C13H17NS. The van der Waals surface area contributed by atoms with E-state index in [-0.39, 0.29) is 0 Å². The maximum absolute atomic E-state index is 2.39. The number of benzene rings is 1. The van der Waals surface area contributed by atoms with Crippen LogP contribution in [0.3, 0.4) is 0 Å². The van der Waals surface area contributed by atoms with Gasteiger partial charge in [0.2, 0.25) is 0 Å². The van der Waals surface area contributed by atoms with Crippen molar-refractivity contribution in [3.05, 3.63) is 40.9 Å². The van der Waals surface area contributed by atoms with Gasteiger partial charge in [0.15, 0.2) is 0 Å². The van der Waals surface area contributed by atoms with Crippen LogP contribution in [0.2, 0.25) is 0 Å². The van der Waals surface area contributed by atoms with Crippen LogP contribution in [0, 0.1) is 0 Å². The van der Waals surface area contributed by atoms with Gasteiger partial charge in [-0.3, -0.25) is 0 Å². The molecule has 1 aromatic carbocycles. The van der Waals surface area contributed by atoms with Crippen molar-refractivity contribution in [3.63, 3.8) is 0 Å². The molecule has 0 aliphatic carbocycles.